The third-order valence-corrected chi connectivity index (χ3v) is 8.35. The van der Waals surface area contributed by atoms with E-state index in [-0.39, 0.29) is 5.91 Å². The van der Waals surface area contributed by atoms with Crippen molar-refractivity contribution in [2.75, 3.05) is 37.8 Å². The quantitative estimate of drug-likeness (QED) is 0.706. The number of nitrogens with zero attached hydrogens (tertiary/aromatic N) is 1. The van der Waals surface area contributed by atoms with Crippen molar-refractivity contribution in [3.05, 3.63) is 58.6 Å². The highest BCUT2D eigenvalue weighted by atomic mass is 35.5. The summed E-state index contributed by atoms with van der Waals surface area (Å²) in [7, 11) is -3.12. The molecule has 0 aliphatic carbocycles. The predicted molar refractivity (Wildman–Crippen MR) is 123 cm³/mol. The number of amides is 1. The number of carbonyl (C=O) groups is 1. The minimum Gasteiger partial charge on any atom is -0.492 e. The Labute approximate surface area is 188 Å². The van der Waals surface area contributed by atoms with Crippen LogP contribution in [0.15, 0.2) is 42.5 Å². The van der Waals surface area contributed by atoms with Crippen LogP contribution in [0, 0.1) is 0 Å². The van der Waals surface area contributed by atoms with Gasteiger partial charge in [0.05, 0.1) is 10.7 Å². The Morgan fingerprint density at radius 1 is 1.16 bits per heavy atom. The normalized spacial score (nSPS) is 19.1. The molecule has 0 unspecified atom stereocenters. The lowest BCUT2D eigenvalue weighted by Crippen LogP contribution is -2.47. The molecule has 4 rings (SSSR count). The summed E-state index contributed by atoms with van der Waals surface area (Å²) in [6.45, 7) is 4.61. The Morgan fingerprint density at radius 2 is 1.84 bits per heavy atom. The van der Waals surface area contributed by atoms with Gasteiger partial charge in [-0.05, 0) is 74.3 Å². The topological polar surface area (TPSA) is 75.7 Å². The molecule has 1 amide bonds. The molecular weight excluding hydrogens is 436 g/mol. The first kappa shape index (κ1) is 22.1. The zero-order valence-electron chi connectivity index (χ0n) is 17.7. The molecule has 2 aliphatic heterocycles. The van der Waals surface area contributed by atoms with Gasteiger partial charge in [0.1, 0.15) is 12.4 Å². The third-order valence-electron chi connectivity index (χ3n) is 6.56. The number of piperidine rings is 1. The number of likely N-dealkylation sites (tertiary alicyclic amines) is 1. The second kappa shape index (κ2) is 8.45. The first-order valence-corrected chi connectivity index (χ1v) is 12.8. The number of sulfone groups is 1. The Bertz CT molecular complexity index is 1080. The number of carbonyl (C=O) groups excluding carboxylic acids is 1. The van der Waals surface area contributed by atoms with Crippen LogP contribution in [-0.2, 0) is 20.0 Å². The summed E-state index contributed by atoms with van der Waals surface area (Å²) in [4.78, 5) is 15.0. The molecule has 1 spiro atoms. The monoisotopic (exact) mass is 462 g/mol. The summed E-state index contributed by atoms with van der Waals surface area (Å²) in [5.41, 5.74) is 2.17. The van der Waals surface area contributed by atoms with E-state index in [0.717, 1.165) is 55.0 Å². The van der Waals surface area contributed by atoms with Gasteiger partial charge in [-0.15, -0.1) is 0 Å². The number of ether oxygens (including phenoxy) is 1. The fraction of sp³-hybridized carbons (Fsp3) is 0.435. The number of nitrogens with one attached hydrogen (secondary N) is 1. The van der Waals surface area contributed by atoms with Crippen molar-refractivity contribution < 1.29 is 17.9 Å². The Kier molecular flexibility index (Phi) is 6.03. The molecule has 1 fully saturated rings. The number of halogens is 1. The van der Waals surface area contributed by atoms with Crippen LogP contribution in [0.4, 0.5) is 5.69 Å². The molecule has 1 atom stereocenters. The molecule has 0 aromatic heterocycles. The van der Waals surface area contributed by atoms with Gasteiger partial charge in [-0.25, -0.2) is 8.42 Å². The SMILES string of the molecule is C[C@H](c1ccc(OCCN2CCC3(CC2)C(=O)Nc2ccc(Cl)cc23)cc1)S(C)(=O)=O. The van der Waals surface area contributed by atoms with Crippen LogP contribution in [0.3, 0.4) is 0 Å². The predicted octanol–water partition coefficient (Wildman–Crippen LogP) is 3.81. The van der Waals surface area contributed by atoms with Gasteiger partial charge in [0.15, 0.2) is 9.84 Å². The lowest BCUT2D eigenvalue weighted by Gasteiger charge is -2.38. The molecule has 1 N–H and O–H groups in total. The van der Waals surface area contributed by atoms with E-state index < -0.39 is 20.5 Å². The van der Waals surface area contributed by atoms with E-state index in [1.807, 2.05) is 24.3 Å². The molecule has 2 aliphatic rings. The standard InChI is InChI=1S/C23H27ClN2O4S/c1-16(31(2,28)29)17-3-6-19(7-4-17)30-14-13-26-11-9-23(10-12-26)20-15-18(24)5-8-21(20)25-22(23)27/h3-8,15-16H,9-14H2,1-2H3,(H,25,27)/t16-/m1/s1. The highest BCUT2D eigenvalue weighted by Crippen LogP contribution is 2.45. The summed E-state index contributed by atoms with van der Waals surface area (Å²) in [6.07, 6.45) is 2.75. The van der Waals surface area contributed by atoms with Gasteiger partial charge in [0.25, 0.3) is 0 Å². The molecule has 0 bridgehead atoms. The van der Waals surface area contributed by atoms with Crippen LogP contribution in [0.25, 0.3) is 0 Å². The molecule has 2 heterocycles. The van der Waals surface area contributed by atoms with E-state index in [9.17, 15) is 13.2 Å². The number of hydrogen-bond donors (Lipinski definition) is 1. The molecule has 6 nitrogen and oxygen atoms in total. The Morgan fingerprint density at radius 3 is 2.48 bits per heavy atom. The molecule has 0 saturated carbocycles. The van der Waals surface area contributed by atoms with Gasteiger partial charge in [-0.1, -0.05) is 23.7 Å². The summed E-state index contributed by atoms with van der Waals surface area (Å²) in [5.74, 6) is 0.792. The zero-order chi connectivity index (χ0) is 22.2. The smallest absolute Gasteiger partial charge is 0.235 e. The highest BCUT2D eigenvalue weighted by Gasteiger charge is 2.48. The number of hydrogen-bond acceptors (Lipinski definition) is 5. The van der Waals surface area contributed by atoms with Crippen molar-refractivity contribution in [2.24, 2.45) is 0 Å². The van der Waals surface area contributed by atoms with Gasteiger partial charge in [-0.3, -0.25) is 9.69 Å². The van der Waals surface area contributed by atoms with E-state index in [2.05, 4.69) is 10.2 Å². The largest absolute Gasteiger partial charge is 0.492 e. The maximum atomic E-state index is 12.7. The van der Waals surface area contributed by atoms with E-state index in [0.29, 0.717) is 11.6 Å². The molecule has 2 aromatic carbocycles. The first-order valence-electron chi connectivity index (χ1n) is 10.4. The average molecular weight is 463 g/mol. The van der Waals surface area contributed by atoms with Crippen LogP contribution in [0.1, 0.15) is 36.1 Å². The third kappa shape index (κ3) is 4.45. The van der Waals surface area contributed by atoms with Crippen LogP contribution >= 0.6 is 11.6 Å². The molecule has 0 radical (unpaired) electrons. The number of rotatable bonds is 6. The van der Waals surface area contributed by atoms with E-state index in [1.54, 1.807) is 25.1 Å². The average Bonchev–Trinajstić information content (AvgIpc) is 3.00. The lowest BCUT2D eigenvalue weighted by atomic mass is 9.73. The maximum absolute atomic E-state index is 12.7. The van der Waals surface area contributed by atoms with E-state index in [1.165, 1.54) is 6.26 Å². The van der Waals surface area contributed by atoms with Crippen molar-refractivity contribution in [2.45, 2.75) is 30.4 Å². The van der Waals surface area contributed by atoms with Crippen LogP contribution in [-0.4, -0.2) is 51.7 Å². The second-order valence-corrected chi connectivity index (χ2v) is 11.3. The van der Waals surface area contributed by atoms with Crippen LogP contribution in [0.5, 0.6) is 5.75 Å². The molecule has 166 valence electrons. The van der Waals surface area contributed by atoms with Crippen molar-refractivity contribution in [3.63, 3.8) is 0 Å². The molecule has 1 saturated heterocycles. The fourth-order valence-electron chi connectivity index (χ4n) is 4.42. The fourth-order valence-corrected chi connectivity index (χ4v) is 5.24. The summed E-state index contributed by atoms with van der Waals surface area (Å²) < 4.78 is 29.2. The Hall–Kier alpha value is -2.09. The lowest BCUT2D eigenvalue weighted by molar-refractivity contribution is -0.122. The second-order valence-electron chi connectivity index (χ2n) is 8.46. The van der Waals surface area contributed by atoms with Gasteiger partial charge in [0.2, 0.25) is 5.91 Å². The molecule has 31 heavy (non-hydrogen) atoms. The summed E-state index contributed by atoms with van der Waals surface area (Å²) in [5, 5.41) is 3.13. The van der Waals surface area contributed by atoms with Crippen molar-refractivity contribution in [3.8, 4) is 5.75 Å². The first-order chi connectivity index (χ1) is 14.7. The zero-order valence-corrected chi connectivity index (χ0v) is 19.3. The molecule has 8 heteroatoms. The van der Waals surface area contributed by atoms with Gasteiger partial charge >= 0.3 is 0 Å². The van der Waals surface area contributed by atoms with Crippen LogP contribution < -0.4 is 10.1 Å². The number of anilines is 1. The van der Waals surface area contributed by atoms with Crippen molar-refractivity contribution in [1.29, 1.82) is 0 Å². The maximum Gasteiger partial charge on any atom is 0.235 e. The summed E-state index contributed by atoms with van der Waals surface area (Å²) >= 11 is 6.18. The van der Waals surface area contributed by atoms with Crippen LogP contribution in [0.2, 0.25) is 5.02 Å². The van der Waals surface area contributed by atoms with E-state index in [4.69, 9.17) is 16.3 Å². The minimum atomic E-state index is -3.12. The minimum absolute atomic E-state index is 0.0732. The summed E-state index contributed by atoms with van der Waals surface area (Å²) in [6, 6.07) is 12.8. The van der Waals surface area contributed by atoms with Gasteiger partial charge < -0.3 is 10.1 Å². The number of fused-ring (bicyclic) bond motifs is 2. The van der Waals surface area contributed by atoms with Crippen molar-refractivity contribution in [1.82, 2.24) is 4.90 Å². The molecular formula is C23H27ClN2O4S. The number of benzene rings is 2. The molecule has 2 aromatic rings. The van der Waals surface area contributed by atoms with E-state index >= 15 is 0 Å². The van der Waals surface area contributed by atoms with Crippen molar-refractivity contribution >= 4 is 33.0 Å². The Balaban J connectivity index is 1.30. The highest BCUT2D eigenvalue weighted by molar-refractivity contribution is 7.90. The van der Waals surface area contributed by atoms with Gasteiger partial charge in [-0.2, -0.15) is 0 Å². The van der Waals surface area contributed by atoms with Gasteiger partial charge in [0, 0.05) is 23.5 Å².